The predicted octanol–water partition coefficient (Wildman–Crippen LogP) is 12.5. The van der Waals surface area contributed by atoms with Crippen LogP contribution in [0.2, 0.25) is 0 Å². The van der Waals surface area contributed by atoms with E-state index in [1.165, 1.54) is 205 Å². The maximum absolute atomic E-state index is 12.9. The van der Waals surface area contributed by atoms with Gasteiger partial charge in [0.2, 0.25) is 5.91 Å². The molecule has 7 atom stereocenters. The Labute approximate surface area is 382 Å². The molecule has 1 amide bonds. The summed E-state index contributed by atoms with van der Waals surface area (Å²) in [4.78, 5) is 12.9. The Morgan fingerprint density at radius 1 is 0.532 bits per heavy atom. The first kappa shape index (κ1) is 58.9. The van der Waals surface area contributed by atoms with Crippen molar-refractivity contribution in [3.05, 3.63) is 12.2 Å². The molecule has 6 N–H and O–H groups in total. The summed E-state index contributed by atoms with van der Waals surface area (Å²) in [7, 11) is 0. The van der Waals surface area contributed by atoms with E-state index in [4.69, 9.17) is 9.47 Å². The SMILES string of the molecule is CCCCCCCCCCCCCCCCCCCCCCCCCCCCC/C=C/C(O)C(COC1OC(CO)C(O)C(O)C1O)NC(=O)CCCCCCCCCCCC. The van der Waals surface area contributed by atoms with Gasteiger partial charge in [-0.15, -0.1) is 0 Å². The fourth-order valence-corrected chi connectivity index (χ4v) is 8.81. The van der Waals surface area contributed by atoms with Crippen LogP contribution in [0.1, 0.15) is 264 Å². The van der Waals surface area contributed by atoms with Crippen molar-refractivity contribution < 1.29 is 39.8 Å². The minimum atomic E-state index is -1.56. The van der Waals surface area contributed by atoms with E-state index in [0.717, 1.165) is 38.5 Å². The predicted molar refractivity (Wildman–Crippen MR) is 258 cm³/mol. The van der Waals surface area contributed by atoms with E-state index >= 15 is 0 Å². The van der Waals surface area contributed by atoms with Gasteiger partial charge in [0.05, 0.1) is 25.4 Å². The highest BCUT2D eigenvalue weighted by Gasteiger charge is 2.44. The maximum Gasteiger partial charge on any atom is 0.220 e. The summed E-state index contributed by atoms with van der Waals surface area (Å²) in [6, 6.07) is -0.798. The van der Waals surface area contributed by atoms with Crippen LogP contribution in [0.5, 0.6) is 0 Å². The minimum absolute atomic E-state index is 0.176. The highest BCUT2D eigenvalue weighted by atomic mass is 16.7. The number of nitrogens with one attached hydrogen (secondary N) is 1. The lowest BCUT2D eigenvalue weighted by Gasteiger charge is -2.40. The zero-order valence-corrected chi connectivity index (χ0v) is 40.6. The summed E-state index contributed by atoms with van der Waals surface area (Å²) in [5.74, 6) is -0.176. The smallest absolute Gasteiger partial charge is 0.220 e. The van der Waals surface area contributed by atoms with Gasteiger partial charge in [-0.1, -0.05) is 251 Å². The lowest BCUT2D eigenvalue weighted by atomic mass is 9.99. The monoisotopic (exact) mass is 882 g/mol. The van der Waals surface area contributed by atoms with E-state index in [1.54, 1.807) is 6.08 Å². The van der Waals surface area contributed by atoms with Crippen LogP contribution >= 0.6 is 0 Å². The van der Waals surface area contributed by atoms with Gasteiger partial charge in [0.25, 0.3) is 0 Å². The van der Waals surface area contributed by atoms with Crippen LogP contribution in [0.3, 0.4) is 0 Å². The first-order valence-electron chi connectivity index (χ1n) is 26.9. The Morgan fingerprint density at radius 2 is 0.887 bits per heavy atom. The van der Waals surface area contributed by atoms with Gasteiger partial charge in [-0.3, -0.25) is 4.79 Å². The molecule has 0 bridgehead atoms. The lowest BCUT2D eigenvalue weighted by Crippen LogP contribution is -2.60. The summed E-state index contributed by atoms with van der Waals surface area (Å²) >= 11 is 0. The van der Waals surface area contributed by atoms with Crippen molar-refractivity contribution in [3.63, 3.8) is 0 Å². The van der Waals surface area contributed by atoms with Crippen molar-refractivity contribution in [2.24, 2.45) is 0 Å². The van der Waals surface area contributed by atoms with Crippen molar-refractivity contribution in [2.45, 2.75) is 307 Å². The number of carbonyl (C=O) groups is 1. The molecule has 0 aromatic carbocycles. The van der Waals surface area contributed by atoms with Gasteiger partial charge in [0.1, 0.15) is 24.4 Å². The average molecular weight is 882 g/mol. The van der Waals surface area contributed by atoms with Crippen molar-refractivity contribution >= 4 is 5.91 Å². The van der Waals surface area contributed by atoms with Crippen molar-refractivity contribution in [2.75, 3.05) is 13.2 Å². The number of rotatable bonds is 46. The number of hydrogen-bond acceptors (Lipinski definition) is 8. The lowest BCUT2D eigenvalue weighted by molar-refractivity contribution is -0.302. The minimum Gasteiger partial charge on any atom is -0.394 e. The molecule has 1 aliphatic rings. The molecule has 1 heterocycles. The normalized spacial score (nSPS) is 20.3. The quantitative estimate of drug-likeness (QED) is 0.0261. The van der Waals surface area contributed by atoms with Crippen molar-refractivity contribution in [1.29, 1.82) is 0 Å². The molecule has 0 radical (unpaired) electrons. The van der Waals surface area contributed by atoms with Crippen LogP contribution in [-0.4, -0.2) is 87.5 Å². The van der Waals surface area contributed by atoms with Crippen LogP contribution in [0, 0.1) is 0 Å². The number of amides is 1. The Morgan fingerprint density at radius 3 is 1.26 bits per heavy atom. The summed E-state index contributed by atoms with van der Waals surface area (Å²) in [6.07, 6.45) is 45.8. The Bertz CT molecular complexity index is 981. The third kappa shape index (κ3) is 33.4. The van der Waals surface area contributed by atoms with Crippen molar-refractivity contribution in [3.8, 4) is 0 Å². The van der Waals surface area contributed by atoms with Gasteiger partial charge in [-0.05, 0) is 19.3 Å². The standard InChI is InChI=1S/C53H103NO8/c1-3-5-7-9-11-13-15-16-17-18-19-20-21-22-23-24-25-26-27-28-29-30-31-32-33-34-36-38-40-42-47(56)46(45-61-53-52(60)51(59)50(58)48(44-55)62-53)54-49(57)43-41-39-37-35-14-12-10-8-6-4-2/h40,42,46-48,50-53,55-56,58-60H,3-39,41,43-45H2,1-2H3,(H,54,57)/b42-40+. The molecular weight excluding hydrogens is 779 g/mol. The third-order valence-corrected chi connectivity index (χ3v) is 13.1. The average Bonchev–Trinajstić information content (AvgIpc) is 3.27. The van der Waals surface area contributed by atoms with Crippen LogP contribution in [-0.2, 0) is 14.3 Å². The topological polar surface area (TPSA) is 149 Å². The van der Waals surface area contributed by atoms with Crippen LogP contribution in [0.25, 0.3) is 0 Å². The Hall–Kier alpha value is -1.07. The number of aliphatic hydroxyl groups excluding tert-OH is 5. The number of unbranched alkanes of at least 4 members (excludes halogenated alkanes) is 36. The molecule has 9 heteroatoms. The first-order valence-corrected chi connectivity index (χ1v) is 26.9. The van der Waals surface area contributed by atoms with Gasteiger partial charge in [0, 0.05) is 6.42 Å². The van der Waals surface area contributed by atoms with Gasteiger partial charge in [0.15, 0.2) is 6.29 Å². The molecule has 7 unspecified atom stereocenters. The van der Waals surface area contributed by atoms with E-state index in [2.05, 4.69) is 19.2 Å². The third-order valence-electron chi connectivity index (χ3n) is 13.1. The molecule has 1 aliphatic heterocycles. The molecule has 1 rings (SSSR count). The zero-order chi connectivity index (χ0) is 45.1. The molecule has 368 valence electrons. The number of ether oxygens (including phenoxy) is 2. The van der Waals surface area contributed by atoms with Gasteiger partial charge in [-0.25, -0.2) is 0 Å². The number of aliphatic hydroxyl groups is 5. The molecule has 1 saturated heterocycles. The molecule has 0 saturated carbocycles. The fourth-order valence-electron chi connectivity index (χ4n) is 8.81. The zero-order valence-electron chi connectivity index (χ0n) is 40.6. The van der Waals surface area contributed by atoms with E-state index in [1.807, 2.05) is 6.08 Å². The maximum atomic E-state index is 12.9. The number of allylic oxidation sites excluding steroid dienone is 1. The summed E-state index contributed by atoms with van der Waals surface area (Å²) in [6.45, 7) is 3.78. The van der Waals surface area contributed by atoms with Gasteiger partial charge in [-0.2, -0.15) is 0 Å². The second-order valence-corrected chi connectivity index (χ2v) is 19.0. The van der Waals surface area contributed by atoms with E-state index in [0.29, 0.717) is 6.42 Å². The van der Waals surface area contributed by atoms with Crippen LogP contribution in [0.15, 0.2) is 12.2 Å². The number of hydrogen-bond donors (Lipinski definition) is 6. The largest absolute Gasteiger partial charge is 0.394 e. The Kier molecular flexibility index (Phi) is 41.6. The fraction of sp³-hybridized carbons (Fsp3) is 0.943. The summed E-state index contributed by atoms with van der Waals surface area (Å²) in [5, 5.41) is 54.3. The van der Waals surface area contributed by atoms with Gasteiger partial charge >= 0.3 is 0 Å². The van der Waals surface area contributed by atoms with Crippen LogP contribution in [0.4, 0.5) is 0 Å². The highest BCUT2D eigenvalue weighted by Crippen LogP contribution is 2.23. The van der Waals surface area contributed by atoms with Crippen molar-refractivity contribution in [1.82, 2.24) is 5.32 Å². The Balaban J connectivity index is 2.15. The van der Waals surface area contributed by atoms with E-state index < -0.39 is 49.5 Å². The molecule has 0 spiro atoms. The molecule has 0 aliphatic carbocycles. The second-order valence-electron chi connectivity index (χ2n) is 19.0. The van der Waals surface area contributed by atoms with E-state index in [-0.39, 0.29) is 12.5 Å². The second kappa shape index (κ2) is 43.8. The summed E-state index contributed by atoms with van der Waals surface area (Å²) < 4.78 is 11.2. The molecule has 0 aromatic rings. The summed E-state index contributed by atoms with van der Waals surface area (Å²) in [5.41, 5.74) is 0. The first-order chi connectivity index (χ1) is 30.3. The van der Waals surface area contributed by atoms with E-state index in [9.17, 15) is 30.3 Å². The molecule has 0 aromatic heterocycles. The molecule has 62 heavy (non-hydrogen) atoms. The van der Waals surface area contributed by atoms with Crippen LogP contribution < -0.4 is 5.32 Å². The molecule has 9 nitrogen and oxygen atoms in total. The molecular formula is C53H103NO8. The number of carbonyl (C=O) groups excluding carboxylic acids is 1. The highest BCUT2D eigenvalue weighted by molar-refractivity contribution is 5.76. The van der Waals surface area contributed by atoms with Gasteiger partial charge < -0.3 is 40.3 Å². The molecule has 1 fully saturated rings.